The van der Waals surface area contributed by atoms with Crippen LogP contribution in [0.2, 0.25) is 0 Å². The number of hydrogen-bond donors (Lipinski definition) is 1. The summed E-state index contributed by atoms with van der Waals surface area (Å²) in [5.74, 6) is 0.458. The highest BCUT2D eigenvalue weighted by atomic mass is 16.5. The van der Waals surface area contributed by atoms with Crippen LogP contribution in [-0.2, 0) is 6.42 Å². The summed E-state index contributed by atoms with van der Waals surface area (Å²) < 4.78 is 5.18. The maximum absolute atomic E-state index is 10.1. The Kier molecular flexibility index (Phi) is 4.94. The van der Waals surface area contributed by atoms with E-state index in [-0.39, 0.29) is 5.75 Å². The fourth-order valence-corrected chi connectivity index (χ4v) is 2.09. The molecule has 4 nitrogen and oxygen atoms in total. The van der Waals surface area contributed by atoms with Crippen molar-refractivity contribution in [2.24, 2.45) is 0 Å². The van der Waals surface area contributed by atoms with E-state index in [1.807, 2.05) is 6.07 Å². The van der Waals surface area contributed by atoms with Gasteiger partial charge in [0.25, 0.3) is 0 Å². The highest BCUT2D eigenvalue weighted by Gasteiger charge is 2.10. The molecule has 0 aliphatic carbocycles. The van der Waals surface area contributed by atoms with Crippen LogP contribution in [0, 0.1) is 11.3 Å². The zero-order valence-corrected chi connectivity index (χ0v) is 12.3. The third-order valence-corrected chi connectivity index (χ3v) is 3.13. The van der Waals surface area contributed by atoms with Crippen molar-refractivity contribution in [1.82, 2.24) is 4.98 Å². The lowest BCUT2D eigenvalue weighted by Gasteiger charge is -2.10. The van der Waals surface area contributed by atoms with Crippen molar-refractivity contribution in [2.45, 2.75) is 6.42 Å². The summed E-state index contributed by atoms with van der Waals surface area (Å²) in [6.45, 7) is 3.68. The van der Waals surface area contributed by atoms with Crippen LogP contribution in [0.25, 0.3) is 11.6 Å². The summed E-state index contributed by atoms with van der Waals surface area (Å²) in [6, 6.07) is 11.0. The zero-order chi connectivity index (χ0) is 15.9. The number of phenols is 1. The van der Waals surface area contributed by atoms with Gasteiger partial charge in [-0.25, -0.2) is 0 Å². The van der Waals surface area contributed by atoms with E-state index in [0.29, 0.717) is 29.0 Å². The quantitative estimate of drug-likeness (QED) is 0.675. The van der Waals surface area contributed by atoms with Crippen LogP contribution >= 0.6 is 0 Å². The maximum Gasteiger partial charge on any atom is 0.161 e. The predicted molar refractivity (Wildman–Crippen MR) is 86.3 cm³/mol. The molecule has 4 heteroatoms. The zero-order valence-electron chi connectivity index (χ0n) is 12.3. The third-order valence-electron chi connectivity index (χ3n) is 3.13. The molecule has 0 spiro atoms. The van der Waals surface area contributed by atoms with Gasteiger partial charge in [0.15, 0.2) is 11.5 Å². The fourth-order valence-electron chi connectivity index (χ4n) is 2.09. The molecule has 1 N–H and O–H groups in total. The molecule has 22 heavy (non-hydrogen) atoms. The minimum atomic E-state index is 0.0934. The third kappa shape index (κ3) is 3.33. The van der Waals surface area contributed by atoms with E-state index in [1.165, 1.54) is 7.11 Å². The lowest BCUT2D eigenvalue weighted by molar-refractivity contribution is 0.371. The summed E-state index contributed by atoms with van der Waals surface area (Å²) in [5, 5.41) is 19.4. The van der Waals surface area contributed by atoms with Crippen LogP contribution in [0.4, 0.5) is 0 Å². The van der Waals surface area contributed by atoms with Gasteiger partial charge in [0.2, 0.25) is 0 Å². The molecule has 1 heterocycles. The smallest absolute Gasteiger partial charge is 0.161 e. The molecule has 2 aromatic rings. The van der Waals surface area contributed by atoms with Gasteiger partial charge < -0.3 is 9.84 Å². The number of allylic oxidation sites excluding steroid dienone is 2. The van der Waals surface area contributed by atoms with E-state index < -0.39 is 0 Å². The van der Waals surface area contributed by atoms with E-state index in [1.54, 1.807) is 42.6 Å². The summed E-state index contributed by atoms with van der Waals surface area (Å²) in [4.78, 5) is 4.18. The van der Waals surface area contributed by atoms with Gasteiger partial charge in [-0.2, -0.15) is 5.26 Å². The Hall–Kier alpha value is -3.06. The second-order valence-electron chi connectivity index (χ2n) is 4.61. The molecule has 0 aliphatic heterocycles. The van der Waals surface area contributed by atoms with Gasteiger partial charge in [-0.3, -0.25) is 4.98 Å². The molecular weight excluding hydrogens is 276 g/mol. The molecule has 0 aliphatic rings. The van der Waals surface area contributed by atoms with Crippen LogP contribution in [0.5, 0.6) is 11.5 Å². The number of aromatic hydroxyl groups is 1. The fraction of sp³-hybridized carbons (Fsp3) is 0.111. The SMILES string of the molecule is C=CCc1cc(/C=C(/C#N)c2ccccn2)cc(OC)c1O. The lowest BCUT2D eigenvalue weighted by atomic mass is 10.0. The van der Waals surface area contributed by atoms with Crippen LogP contribution in [0.3, 0.4) is 0 Å². The highest BCUT2D eigenvalue weighted by molar-refractivity contribution is 5.88. The predicted octanol–water partition coefficient (Wildman–Crippen LogP) is 3.59. The Morgan fingerprint density at radius 1 is 1.45 bits per heavy atom. The van der Waals surface area contributed by atoms with E-state index in [0.717, 1.165) is 5.56 Å². The van der Waals surface area contributed by atoms with Gasteiger partial charge in [-0.05, 0) is 42.3 Å². The number of ether oxygens (including phenoxy) is 1. The van der Waals surface area contributed by atoms with E-state index >= 15 is 0 Å². The number of methoxy groups -OCH3 is 1. The largest absolute Gasteiger partial charge is 0.504 e. The summed E-state index contributed by atoms with van der Waals surface area (Å²) in [6.07, 6.45) is 5.57. The van der Waals surface area contributed by atoms with Gasteiger partial charge >= 0.3 is 0 Å². The summed E-state index contributed by atoms with van der Waals surface area (Å²) in [7, 11) is 1.49. The second kappa shape index (κ2) is 7.09. The summed E-state index contributed by atoms with van der Waals surface area (Å²) >= 11 is 0. The maximum atomic E-state index is 10.1. The molecular formula is C18H16N2O2. The Morgan fingerprint density at radius 2 is 2.27 bits per heavy atom. The second-order valence-corrected chi connectivity index (χ2v) is 4.61. The average molecular weight is 292 g/mol. The number of rotatable bonds is 5. The Balaban J connectivity index is 2.52. The van der Waals surface area contributed by atoms with Crippen molar-refractivity contribution in [2.75, 3.05) is 7.11 Å². The molecule has 0 radical (unpaired) electrons. The number of hydrogen-bond acceptors (Lipinski definition) is 4. The van der Waals surface area contributed by atoms with Gasteiger partial charge in [0.05, 0.1) is 18.4 Å². The molecule has 1 aromatic heterocycles. The van der Waals surface area contributed by atoms with Crippen molar-refractivity contribution in [3.63, 3.8) is 0 Å². The van der Waals surface area contributed by atoms with Crippen LogP contribution < -0.4 is 4.74 Å². The molecule has 0 bridgehead atoms. The Labute approximate surface area is 129 Å². The van der Waals surface area contributed by atoms with Crippen molar-refractivity contribution in [1.29, 1.82) is 5.26 Å². The topological polar surface area (TPSA) is 66.1 Å². The molecule has 0 saturated carbocycles. The standard InChI is InChI=1S/C18H16N2O2/c1-3-6-14-9-13(11-17(22-2)18(14)21)10-15(12-19)16-7-4-5-8-20-16/h3-5,7-11,21H,1,6H2,2H3/b15-10-. The molecule has 1 aromatic carbocycles. The molecule has 0 amide bonds. The molecule has 110 valence electrons. The normalized spacial score (nSPS) is 10.8. The van der Waals surface area contributed by atoms with Crippen LogP contribution in [-0.4, -0.2) is 17.2 Å². The molecule has 0 unspecified atom stereocenters. The van der Waals surface area contributed by atoms with Crippen LogP contribution in [0.1, 0.15) is 16.8 Å². The molecule has 2 rings (SSSR count). The minimum absolute atomic E-state index is 0.0934. The van der Waals surface area contributed by atoms with Gasteiger partial charge in [-0.15, -0.1) is 6.58 Å². The first kappa shape index (κ1) is 15.3. The number of pyridine rings is 1. The number of benzene rings is 1. The van der Waals surface area contributed by atoms with Crippen molar-refractivity contribution < 1.29 is 9.84 Å². The number of aromatic nitrogens is 1. The van der Waals surface area contributed by atoms with Crippen molar-refractivity contribution in [3.05, 3.63) is 66.0 Å². The molecule has 0 atom stereocenters. The van der Waals surface area contributed by atoms with E-state index in [9.17, 15) is 10.4 Å². The van der Waals surface area contributed by atoms with Gasteiger partial charge in [-0.1, -0.05) is 12.1 Å². The lowest BCUT2D eigenvalue weighted by Crippen LogP contribution is -1.92. The van der Waals surface area contributed by atoms with Crippen molar-refractivity contribution >= 4 is 11.6 Å². The average Bonchev–Trinajstić information content (AvgIpc) is 2.56. The van der Waals surface area contributed by atoms with E-state index in [4.69, 9.17) is 4.74 Å². The number of phenolic OH excluding ortho intramolecular Hbond substituents is 1. The van der Waals surface area contributed by atoms with Gasteiger partial charge in [0, 0.05) is 11.8 Å². The molecule has 0 fully saturated rings. The van der Waals surface area contributed by atoms with Gasteiger partial charge in [0.1, 0.15) is 6.07 Å². The number of nitrogens with zero attached hydrogens (tertiary/aromatic N) is 2. The van der Waals surface area contributed by atoms with Crippen molar-refractivity contribution in [3.8, 4) is 17.6 Å². The Bertz CT molecular complexity index is 744. The minimum Gasteiger partial charge on any atom is -0.504 e. The first-order valence-corrected chi connectivity index (χ1v) is 6.73. The first-order chi connectivity index (χ1) is 10.7. The number of nitriles is 1. The van der Waals surface area contributed by atoms with E-state index in [2.05, 4.69) is 17.6 Å². The monoisotopic (exact) mass is 292 g/mol. The first-order valence-electron chi connectivity index (χ1n) is 6.73. The summed E-state index contributed by atoms with van der Waals surface area (Å²) in [5.41, 5.74) is 2.49. The molecule has 0 saturated heterocycles. The highest BCUT2D eigenvalue weighted by Crippen LogP contribution is 2.33. The van der Waals surface area contributed by atoms with Crippen LogP contribution in [0.15, 0.2) is 49.2 Å². The Morgan fingerprint density at radius 3 is 2.86 bits per heavy atom.